The molecule has 86 valence electrons. The first-order valence-electron chi connectivity index (χ1n) is 5.94. The highest BCUT2D eigenvalue weighted by Gasteiger charge is 2.37. The molecule has 1 aliphatic carbocycles. The predicted molar refractivity (Wildman–Crippen MR) is 57.7 cm³/mol. The predicted octanol–water partition coefficient (Wildman–Crippen LogP) is 1.26. The van der Waals surface area contributed by atoms with Crippen LogP contribution in [0.5, 0.6) is 0 Å². The third-order valence-corrected chi connectivity index (χ3v) is 3.16. The molecule has 0 bridgehead atoms. The molecule has 2 aliphatic rings. The van der Waals surface area contributed by atoms with Crippen molar-refractivity contribution in [3.8, 4) is 0 Å². The van der Waals surface area contributed by atoms with Crippen LogP contribution in [0.1, 0.15) is 32.6 Å². The van der Waals surface area contributed by atoms with Gasteiger partial charge in [0.15, 0.2) is 0 Å². The lowest BCUT2D eigenvalue weighted by atomic mass is 10.2. The second kappa shape index (κ2) is 4.84. The molecule has 1 saturated heterocycles. The van der Waals surface area contributed by atoms with Gasteiger partial charge in [-0.1, -0.05) is 13.3 Å². The number of hydrogen-bond acceptors (Lipinski definition) is 2. The van der Waals surface area contributed by atoms with E-state index in [-0.39, 0.29) is 12.1 Å². The van der Waals surface area contributed by atoms with E-state index < -0.39 is 0 Å². The van der Waals surface area contributed by atoms with E-state index in [0.717, 1.165) is 25.4 Å². The van der Waals surface area contributed by atoms with Crippen LogP contribution in [0.25, 0.3) is 0 Å². The minimum atomic E-state index is -0.0193. The zero-order chi connectivity index (χ0) is 10.7. The molecule has 4 heteroatoms. The van der Waals surface area contributed by atoms with Gasteiger partial charge in [-0.15, -0.1) is 0 Å². The molecule has 0 aromatic heterocycles. The molecule has 2 amide bonds. The Hall–Kier alpha value is -0.770. The number of hydrogen-bond donors (Lipinski definition) is 2. The van der Waals surface area contributed by atoms with Crippen molar-refractivity contribution < 1.29 is 9.53 Å². The number of urea groups is 1. The Balaban J connectivity index is 1.61. The molecule has 3 atom stereocenters. The molecule has 1 heterocycles. The van der Waals surface area contributed by atoms with Gasteiger partial charge in [-0.25, -0.2) is 4.79 Å². The lowest BCUT2D eigenvalue weighted by Gasteiger charge is -2.11. The number of amides is 2. The van der Waals surface area contributed by atoms with E-state index in [1.807, 2.05) is 0 Å². The van der Waals surface area contributed by atoms with Crippen LogP contribution in [0.4, 0.5) is 4.79 Å². The summed E-state index contributed by atoms with van der Waals surface area (Å²) in [7, 11) is 0. The van der Waals surface area contributed by atoms with Gasteiger partial charge in [-0.05, 0) is 25.2 Å². The van der Waals surface area contributed by atoms with Crippen LogP contribution in [0.15, 0.2) is 0 Å². The zero-order valence-corrected chi connectivity index (χ0v) is 9.29. The second-order valence-electron chi connectivity index (χ2n) is 4.57. The highest BCUT2D eigenvalue weighted by Crippen LogP contribution is 2.34. The highest BCUT2D eigenvalue weighted by molar-refractivity contribution is 5.75. The normalized spacial score (nSPS) is 33.8. The van der Waals surface area contributed by atoms with Crippen LogP contribution in [-0.2, 0) is 4.74 Å². The van der Waals surface area contributed by atoms with Gasteiger partial charge in [0.05, 0.1) is 12.6 Å². The molecule has 0 spiro atoms. The van der Waals surface area contributed by atoms with Crippen molar-refractivity contribution in [2.75, 3.05) is 13.2 Å². The van der Waals surface area contributed by atoms with Crippen LogP contribution in [0.3, 0.4) is 0 Å². The Morgan fingerprint density at radius 2 is 2.33 bits per heavy atom. The van der Waals surface area contributed by atoms with E-state index in [4.69, 9.17) is 4.74 Å². The van der Waals surface area contributed by atoms with Crippen LogP contribution in [0, 0.1) is 5.92 Å². The average Bonchev–Trinajstić information content (AvgIpc) is 2.73. The fraction of sp³-hybridized carbons (Fsp3) is 0.909. The molecule has 2 N–H and O–H groups in total. The summed E-state index contributed by atoms with van der Waals surface area (Å²) in [6, 6.07) is 0.620. The molecule has 3 unspecified atom stereocenters. The molecular weight excluding hydrogens is 192 g/mol. The molecule has 4 nitrogen and oxygen atoms in total. The second-order valence-corrected chi connectivity index (χ2v) is 4.57. The highest BCUT2D eigenvalue weighted by atomic mass is 16.5. The van der Waals surface area contributed by atoms with Crippen molar-refractivity contribution in [2.24, 2.45) is 5.92 Å². The molecule has 0 aromatic carbocycles. The number of rotatable bonds is 4. The number of ether oxygens (including phenoxy) is 1. The van der Waals surface area contributed by atoms with Crippen molar-refractivity contribution in [2.45, 2.75) is 44.7 Å². The van der Waals surface area contributed by atoms with Gasteiger partial charge in [-0.3, -0.25) is 0 Å². The average molecular weight is 212 g/mol. The van der Waals surface area contributed by atoms with Crippen molar-refractivity contribution in [3.63, 3.8) is 0 Å². The standard InChI is InChI=1S/C11H20N2O2/c1-2-3-8-6-10(8)13-11(14)12-9-4-5-15-7-9/h8-10H,2-7H2,1H3,(H2,12,13,14). The molecule has 15 heavy (non-hydrogen) atoms. The van der Waals surface area contributed by atoms with Crippen molar-refractivity contribution in [3.05, 3.63) is 0 Å². The lowest BCUT2D eigenvalue weighted by molar-refractivity contribution is 0.188. The van der Waals surface area contributed by atoms with Gasteiger partial charge in [-0.2, -0.15) is 0 Å². The first kappa shape index (κ1) is 10.7. The zero-order valence-electron chi connectivity index (χ0n) is 9.29. The van der Waals surface area contributed by atoms with Crippen LogP contribution in [0.2, 0.25) is 0 Å². The maximum atomic E-state index is 11.5. The summed E-state index contributed by atoms with van der Waals surface area (Å²) in [5.41, 5.74) is 0. The van der Waals surface area contributed by atoms with Crippen LogP contribution < -0.4 is 10.6 Å². The minimum Gasteiger partial charge on any atom is -0.379 e. The van der Waals surface area contributed by atoms with Gasteiger partial charge >= 0.3 is 6.03 Å². The molecule has 0 aromatic rings. The molecular formula is C11H20N2O2. The van der Waals surface area contributed by atoms with Crippen molar-refractivity contribution >= 4 is 6.03 Å². The first-order chi connectivity index (χ1) is 7.29. The maximum absolute atomic E-state index is 11.5. The van der Waals surface area contributed by atoms with Crippen LogP contribution >= 0.6 is 0 Å². The molecule has 1 aliphatic heterocycles. The largest absolute Gasteiger partial charge is 0.379 e. The maximum Gasteiger partial charge on any atom is 0.315 e. The summed E-state index contributed by atoms with van der Waals surface area (Å²) in [5.74, 6) is 0.723. The fourth-order valence-electron chi connectivity index (χ4n) is 2.16. The van der Waals surface area contributed by atoms with Gasteiger partial charge in [0.25, 0.3) is 0 Å². The Morgan fingerprint density at radius 1 is 1.47 bits per heavy atom. The lowest BCUT2D eigenvalue weighted by Crippen LogP contribution is -2.43. The number of nitrogens with one attached hydrogen (secondary N) is 2. The molecule has 0 radical (unpaired) electrons. The van der Waals surface area contributed by atoms with E-state index in [9.17, 15) is 4.79 Å². The van der Waals surface area contributed by atoms with Gasteiger partial charge in [0, 0.05) is 12.6 Å². The van der Waals surface area contributed by atoms with E-state index in [2.05, 4.69) is 17.6 Å². The number of carbonyl (C=O) groups is 1. The van der Waals surface area contributed by atoms with Crippen molar-refractivity contribution in [1.29, 1.82) is 0 Å². The summed E-state index contributed by atoms with van der Waals surface area (Å²) in [6.45, 7) is 3.62. The van der Waals surface area contributed by atoms with Crippen molar-refractivity contribution in [1.82, 2.24) is 10.6 Å². The summed E-state index contributed by atoms with van der Waals surface area (Å²) in [4.78, 5) is 11.5. The third-order valence-electron chi connectivity index (χ3n) is 3.16. The Morgan fingerprint density at radius 3 is 3.00 bits per heavy atom. The molecule has 1 saturated carbocycles. The Kier molecular flexibility index (Phi) is 3.46. The minimum absolute atomic E-state index is 0.0193. The number of carbonyl (C=O) groups excluding carboxylic acids is 1. The third kappa shape index (κ3) is 3.09. The van der Waals surface area contributed by atoms with E-state index in [0.29, 0.717) is 12.6 Å². The molecule has 2 fully saturated rings. The quantitative estimate of drug-likeness (QED) is 0.737. The Labute approximate surface area is 90.8 Å². The van der Waals surface area contributed by atoms with E-state index in [1.165, 1.54) is 12.8 Å². The summed E-state index contributed by atoms with van der Waals surface area (Å²) in [6.07, 6.45) is 4.54. The fourth-order valence-corrected chi connectivity index (χ4v) is 2.16. The van der Waals surface area contributed by atoms with E-state index in [1.54, 1.807) is 0 Å². The first-order valence-corrected chi connectivity index (χ1v) is 5.94. The topological polar surface area (TPSA) is 50.4 Å². The summed E-state index contributed by atoms with van der Waals surface area (Å²) in [5, 5.41) is 5.95. The summed E-state index contributed by atoms with van der Waals surface area (Å²) < 4.78 is 5.20. The van der Waals surface area contributed by atoms with Gasteiger partial charge in [0.2, 0.25) is 0 Å². The SMILES string of the molecule is CCCC1CC1NC(=O)NC1CCOC1. The summed E-state index contributed by atoms with van der Waals surface area (Å²) >= 11 is 0. The van der Waals surface area contributed by atoms with Crippen LogP contribution in [-0.4, -0.2) is 31.3 Å². The van der Waals surface area contributed by atoms with E-state index >= 15 is 0 Å². The van der Waals surface area contributed by atoms with Gasteiger partial charge < -0.3 is 15.4 Å². The van der Waals surface area contributed by atoms with Gasteiger partial charge in [0.1, 0.15) is 0 Å². The monoisotopic (exact) mass is 212 g/mol. The molecule has 2 rings (SSSR count). The Bertz CT molecular complexity index is 227. The smallest absolute Gasteiger partial charge is 0.315 e.